The van der Waals surface area contributed by atoms with Gasteiger partial charge in [0.2, 0.25) is 0 Å². The van der Waals surface area contributed by atoms with Gasteiger partial charge in [0.25, 0.3) is 0 Å². The summed E-state index contributed by atoms with van der Waals surface area (Å²) >= 11 is 0. The molecule has 2 rings (SSSR count). The molecule has 0 fully saturated rings. The van der Waals surface area contributed by atoms with Crippen LogP contribution < -0.4 is 5.43 Å². The van der Waals surface area contributed by atoms with Gasteiger partial charge < -0.3 is 4.74 Å². The fraction of sp³-hybridized carbons (Fsp3) is 0.278. The van der Waals surface area contributed by atoms with E-state index in [1.807, 2.05) is 60.7 Å². The van der Waals surface area contributed by atoms with E-state index >= 15 is 0 Å². The van der Waals surface area contributed by atoms with Gasteiger partial charge in [0.1, 0.15) is 6.61 Å². The van der Waals surface area contributed by atoms with E-state index in [0.717, 1.165) is 24.1 Å². The highest BCUT2D eigenvalue weighted by molar-refractivity contribution is 5.69. The van der Waals surface area contributed by atoms with Crippen LogP contribution in [0.5, 0.6) is 0 Å². The van der Waals surface area contributed by atoms with E-state index in [-0.39, 0.29) is 12.7 Å². The van der Waals surface area contributed by atoms with Crippen molar-refractivity contribution in [2.45, 2.75) is 26.4 Å². The second kappa shape index (κ2) is 8.72. The predicted octanol–water partition coefficient (Wildman–Crippen LogP) is 4.45. The first-order valence-electron chi connectivity index (χ1n) is 7.59. The first-order chi connectivity index (χ1) is 10.8. The van der Waals surface area contributed by atoms with Gasteiger partial charge >= 0.3 is 6.09 Å². The second-order valence-corrected chi connectivity index (χ2v) is 5.02. The molecule has 0 heterocycles. The van der Waals surface area contributed by atoms with Crippen LogP contribution >= 0.6 is 0 Å². The van der Waals surface area contributed by atoms with Gasteiger partial charge in [-0.3, -0.25) is 5.43 Å². The van der Waals surface area contributed by atoms with Crippen molar-refractivity contribution in [3.8, 4) is 0 Å². The van der Waals surface area contributed by atoms with E-state index in [9.17, 15) is 4.79 Å². The molecule has 0 aliphatic rings. The minimum Gasteiger partial charge on any atom is -0.443 e. The van der Waals surface area contributed by atoms with Crippen LogP contribution in [0.2, 0.25) is 0 Å². The largest absolute Gasteiger partial charge is 0.443 e. The van der Waals surface area contributed by atoms with Crippen LogP contribution in [0.25, 0.3) is 0 Å². The number of hydrazine groups is 1. The Balaban J connectivity index is 1.93. The number of nitrogens with zero attached hydrogens (tertiary/aromatic N) is 1. The quantitative estimate of drug-likeness (QED) is 0.768. The zero-order chi connectivity index (χ0) is 15.6. The Kier molecular flexibility index (Phi) is 6.30. The summed E-state index contributed by atoms with van der Waals surface area (Å²) in [6, 6.07) is 19.3. The number of unbranched alkanes of at least 4 members (excludes halogenated alkanes) is 1. The highest BCUT2D eigenvalue weighted by Crippen LogP contribution is 2.10. The summed E-state index contributed by atoms with van der Waals surface area (Å²) in [5, 5.41) is 1.53. The number of carbonyl (C=O) groups is 1. The average Bonchev–Trinajstić information content (AvgIpc) is 2.58. The molecule has 1 N–H and O–H groups in total. The minimum atomic E-state index is -0.360. The van der Waals surface area contributed by atoms with E-state index in [2.05, 4.69) is 12.3 Å². The molecule has 0 radical (unpaired) electrons. The maximum Gasteiger partial charge on any atom is 0.428 e. The van der Waals surface area contributed by atoms with Gasteiger partial charge in [-0.25, -0.2) is 9.80 Å². The van der Waals surface area contributed by atoms with Crippen LogP contribution in [0, 0.1) is 0 Å². The van der Waals surface area contributed by atoms with Crippen molar-refractivity contribution >= 4 is 11.8 Å². The summed E-state index contributed by atoms with van der Waals surface area (Å²) in [7, 11) is 0. The Morgan fingerprint density at radius 2 is 1.68 bits per heavy atom. The summed E-state index contributed by atoms with van der Waals surface area (Å²) in [4.78, 5) is 12.3. The molecule has 2 aromatic carbocycles. The molecule has 0 saturated carbocycles. The summed E-state index contributed by atoms with van der Waals surface area (Å²) in [5.41, 5.74) is 4.96. The molecule has 0 unspecified atom stereocenters. The number of hydrogen-bond donors (Lipinski definition) is 1. The molecule has 0 bridgehead atoms. The number of para-hydroxylation sites is 1. The van der Waals surface area contributed by atoms with Gasteiger partial charge in [0.15, 0.2) is 0 Å². The molecular weight excluding hydrogens is 276 g/mol. The summed E-state index contributed by atoms with van der Waals surface area (Å²) < 4.78 is 5.38. The summed E-state index contributed by atoms with van der Waals surface area (Å²) in [6.45, 7) is 2.98. The van der Waals surface area contributed by atoms with Gasteiger partial charge in [-0.05, 0) is 24.1 Å². The number of hydrogen-bond acceptors (Lipinski definition) is 3. The first kappa shape index (κ1) is 15.9. The van der Waals surface area contributed by atoms with Crippen molar-refractivity contribution in [2.75, 3.05) is 12.0 Å². The van der Waals surface area contributed by atoms with E-state index in [4.69, 9.17) is 4.74 Å². The number of benzene rings is 2. The molecule has 0 aliphatic carbocycles. The smallest absolute Gasteiger partial charge is 0.428 e. The third kappa shape index (κ3) is 5.13. The number of anilines is 1. The SMILES string of the molecule is CCCCN(Nc1ccccc1)C(=O)OCc1ccccc1. The zero-order valence-corrected chi connectivity index (χ0v) is 12.9. The average molecular weight is 298 g/mol. The van der Waals surface area contributed by atoms with Crippen LogP contribution in [0.3, 0.4) is 0 Å². The Labute approximate surface area is 131 Å². The van der Waals surface area contributed by atoms with Gasteiger partial charge in [0, 0.05) is 6.54 Å². The fourth-order valence-corrected chi connectivity index (χ4v) is 1.97. The van der Waals surface area contributed by atoms with E-state index < -0.39 is 0 Å². The van der Waals surface area contributed by atoms with Crippen molar-refractivity contribution in [3.63, 3.8) is 0 Å². The molecule has 4 heteroatoms. The topological polar surface area (TPSA) is 41.6 Å². The lowest BCUT2D eigenvalue weighted by Gasteiger charge is -2.23. The van der Waals surface area contributed by atoms with Crippen LogP contribution in [0.1, 0.15) is 25.3 Å². The Hall–Kier alpha value is -2.49. The minimum absolute atomic E-state index is 0.277. The van der Waals surface area contributed by atoms with Crippen LogP contribution in [0.4, 0.5) is 10.5 Å². The highest BCUT2D eigenvalue weighted by atomic mass is 16.6. The predicted molar refractivity (Wildman–Crippen MR) is 88.3 cm³/mol. The van der Waals surface area contributed by atoms with E-state index in [1.54, 1.807) is 0 Å². The number of carbonyl (C=O) groups excluding carboxylic acids is 1. The van der Waals surface area contributed by atoms with Gasteiger partial charge in [-0.15, -0.1) is 0 Å². The van der Waals surface area contributed by atoms with Gasteiger partial charge in [-0.2, -0.15) is 0 Å². The lowest BCUT2D eigenvalue weighted by molar-refractivity contribution is 0.104. The highest BCUT2D eigenvalue weighted by Gasteiger charge is 2.14. The maximum absolute atomic E-state index is 12.3. The van der Waals surface area contributed by atoms with Crippen molar-refractivity contribution in [2.24, 2.45) is 0 Å². The molecule has 0 atom stereocenters. The Morgan fingerprint density at radius 3 is 2.32 bits per heavy atom. The van der Waals surface area contributed by atoms with Crippen molar-refractivity contribution in [3.05, 3.63) is 66.2 Å². The number of amides is 1. The molecular formula is C18H22N2O2. The van der Waals surface area contributed by atoms with Crippen molar-refractivity contribution < 1.29 is 9.53 Å². The fourth-order valence-electron chi connectivity index (χ4n) is 1.97. The molecule has 0 saturated heterocycles. The molecule has 0 spiro atoms. The van der Waals surface area contributed by atoms with E-state index in [0.29, 0.717) is 6.54 Å². The van der Waals surface area contributed by atoms with Gasteiger partial charge in [0.05, 0.1) is 5.69 Å². The maximum atomic E-state index is 12.3. The monoisotopic (exact) mass is 298 g/mol. The molecule has 116 valence electrons. The van der Waals surface area contributed by atoms with Crippen LogP contribution in [-0.4, -0.2) is 17.6 Å². The number of rotatable bonds is 7. The molecule has 1 amide bonds. The molecule has 0 aliphatic heterocycles. The second-order valence-electron chi connectivity index (χ2n) is 5.02. The lowest BCUT2D eigenvalue weighted by Crippen LogP contribution is -2.37. The summed E-state index contributed by atoms with van der Waals surface area (Å²) in [6.07, 6.45) is 1.57. The molecule has 22 heavy (non-hydrogen) atoms. The first-order valence-corrected chi connectivity index (χ1v) is 7.59. The van der Waals surface area contributed by atoms with E-state index in [1.165, 1.54) is 5.01 Å². The Bertz CT molecular complexity index is 558. The molecule has 0 aromatic heterocycles. The lowest BCUT2D eigenvalue weighted by atomic mass is 10.2. The standard InChI is InChI=1S/C18H22N2O2/c1-2-3-14-20(19-17-12-8-5-9-13-17)18(21)22-15-16-10-6-4-7-11-16/h4-13,19H,2-3,14-15H2,1H3. The number of ether oxygens (including phenoxy) is 1. The normalized spacial score (nSPS) is 10.0. The zero-order valence-electron chi connectivity index (χ0n) is 12.9. The molecule has 4 nitrogen and oxygen atoms in total. The third-order valence-electron chi connectivity index (χ3n) is 3.20. The van der Waals surface area contributed by atoms with Crippen LogP contribution in [-0.2, 0) is 11.3 Å². The van der Waals surface area contributed by atoms with Crippen LogP contribution in [0.15, 0.2) is 60.7 Å². The van der Waals surface area contributed by atoms with Crippen molar-refractivity contribution in [1.82, 2.24) is 5.01 Å². The summed E-state index contributed by atoms with van der Waals surface area (Å²) in [5.74, 6) is 0. The third-order valence-corrected chi connectivity index (χ3v) is 3.20. The Morgan fingerprint density at radius 1 is 1.05 bits per heavy atom. The number of nitrogens with one attached hydrogen (secondary N) is 1. The molecule has 2 aromatic rings. The van der Waals surface area contributed by atoms with Gasteiger partial charge in [-0.1, -0.05) is 61.9 Å². The van der Waals surface area contributed by atoms with Crippen molar-refractivity contribution in [1.29, 1.82) is 0 Å².